The van der Waals surface area contributed by atoms with Crippen LogP contribution in [0.5, 0.6) is 0 Å². The number of ether oxygens (including phenoxy) is 1. The highest BCUT2D eigenvalue weighted by Crippen LogP contribution is 2.21. The Morgan fingerprint density at radius 1 is 1.03 bits per heavy atom. The van der Waals surface area contributed by atoms with Crippen molar-refractivity contribution in [2.45, 2.75) is 24.9 Å². The Bertz CT molecular complexity index is 1170. The first kappa shape index (κ1) is 22.2. The second-order valence-corrected chi connectivity index (χ2v) is 8.59. The smallest absolute Gasteiger partial charge is 0.338 e. The van der Waals surface area contributed by atoms with Crippen molar-refractivity contribution < 1.29 is 17.9 Å². The molecule has 8 heteroatoms. The maximum absolute atomic E-state index is 13.3. The zero-order valence-electron chi connectivity index (χ0n) is 16.9. The van der Waals surface area contributed by atoms with Gasteiger partial charge in [-0.25, -0.2) is 13.2 Å². The minimum atomic E-state index is -3.87. The molecule has 31 heavy (non-hydrogen) atoms. The fourth-order valence-electron chi connectivity index (χ4n) is 2.91. The third-order valence-corrected chi connectivity index (χ3v) is 6.32. The summed E-state index contributed by atoms with van der Waals surface area (Å²) < 4.78 is 33.0. The minimum Gasteiger partial charge on any atom is -0.462 e. The van der Waals surface area contributed by atoms with E-state index in [-0.39, 0.29) is 24.6 Å². The second kappa shape index (κ2) is 9.98. The predicted octanol–water partition coefficient (Wildman–Crippen LogP) is 3.52. The lowest BCUT2D eigenvalue weighted by Gasteiger charge is -2.22. The van der Waals surface area contributed by atoms with Crippen LogP contribution in [-0.4, -0.2) is 30.3 Å². The number of benzene rings is 2. The van der Waals surface area contributed by atoms with Gasteiger partial charge in [-0.05, 0) is 61.0 Å². The van der Waals surface area contributed by atoms with Crippen LogP contribution in [0.2, 0.25) is 0 Å². The molecule has 0 atom stereocenters. The molecule has 0 amide bonds. The molecular formula is C23H21N3O4S. The molecule has 0 aliphatic carbocycles. The number of nitriles is 1. The van der Waals surface area contributed by atoms with Crippen LogP contribution in [0.3, 0.4) is 0 Å². The number of hydrogen-bond acceptors (Lipinski definition) is 6. The van der Waals surface area contributed by atoms with E-state index in [1.807, 2.05) is 6.07 Å². The van der Waals surface area contributed by atoms with Crippen molar-refractivity contribution in [1.82, 2.24) is 9.29 Å². The number of aromatic nitrogens is 1. The van der Waals surface area contributed by atoms with Crippen molar-refractivity contribution in [2.75, 3.05) is 6.61 Å². The van der Waals surface area contributed by atoms with Gasteiger partial charge in [-0.3, -0.25) is 4.98 Å². The van der Waals surface area contributed by atoms with Gasteiger partial charge in [0.15, 0.2) is 0 Å². The number of pyridine rings is 1. The van der Waals surface area contributed by atoms with Gasteiger partial charge in [0, 0.05) is 12.7 Å². The SMILES string of the molecule is CCOC(=O)c1ccc(CN(Cc2ccccn2)S(=O)(=O)c2ccc(C#N)cc2)cc1. The van der Waals surface area contributed by atoms with Crippen LogP contribution < -0.4 is 0 Å². The average Bonchev–Trinajstić information content (AvgIpc) is 2.80. The number of hydrogen-bond donors (Lipinski definition) is 0. The molecule has 3 rings (SSSR count). The Balaban J connectivity index is 1.91. The van der Waals surface area contributed by atoms with Gasteiger partial charge < -0.3 is 4.74 Å². The van der Waals surface area contributed by atoms with Gasteiger partial charge in [-0.2, -0.15) is 9.57 Å². The molecule has 2 aromatic carbocycles. The summed E-state index contributed by atoms with van der Waals surface area (Å²) in [5.41, 5.74) is 2.09. The van der Waals surface area contributed by atoms with Crippen molar-refractivity contribution in [2.24, 2.45) is 0 Å². The fraction of sp³-hybridized carbons (Fsp3) is 0.174. The summed E-state index contributed by atoms with van der Waals surface area (Å²) >= 11 is 0. The summed E-state index contributed by atoms with van der Waals surface area (Å²) in [6, 6.07) is 19.7. The largest absolute Gasteiger partial charge is 0.462 e. The second-order valence-electron chi connectivity index (χ2n) is 6.65. The molecule has 0 unspecified atom stereocenters. The third kappa shape index (κ3) is 5.54. The third-order valence-electron chi connectivity index (χ3n) is 4.51. The van der Waals surface area contributed by atoms with Crippen LogP contribution in [0.15, 0.2) is 77.8 Å². The number of rotatable bonds is 8. The van der Waals surface area contributed by atoms with Crippen LogP contribution >= 0.6 is 0 Å². The molecular weight excluding hydrogens is 414 g/mol. The van der Waals surface area contributed by atoms with Crippen LogP contribution in [0.4, 0.5) is 0 Å². The number of esters is 1. The number of nitrogens with zero attached hydrogens (tertiary/aromatic N) is 3. The minimum absolute atomic E-state index is 0.0722. The van der Waals surface area contributed by atoms with Crippen LogP contribution in [-0.2, 0) is 27.8 Å². The van der Waals surface area contributed by atoms with Crippen molar-refractivity contribution in [3.8, 4) is 6.07 Å². The molecule has 0 fully saturated rings. The van der Waals surface area contributed by atoms with E-state index in [1.165, 1.54) is 28.6 Å². The molecule has 0 saturated heterocycles. The first-order chi connectivity index (χ1) is 14.9. The Labute approximate surface area is 181 Å². The number of carbonyl (C=O) groups is 1. The maximum Gasteiger partial charge on any atom is 0.338 e. The van der Waals surface area contributed by atoms with Crippen molar-refractivity contribution in [1.29, 1.82) is 5.26 Å². The van der Waals surface area contributed by atoms with E-state index in [2.05, 4.69) is 4.98 Å². The zero-order valence-corrected chi connectivity index (χ0v) is 17.7. The summed E-state index contributed by atoms with van der Waals surface area (Å²) in [6.45, 7) is 2.17. The van der Waals surface area contributed by atoms with E-state index in [4.69, 9.17) is 10.00 Å². The van der Waals surface area contributed by atoms with E-state index >= 15 is 0 Å². The molecule has 0 N–H and O–H groups in total. The van der Waals surface area contributed by atoms with Gasteiger partial charge >= 0.3 is 5.97 Å². The molecule has 0 bridgehead atoms. The molecule has 0 aliphatic rings. The normalized spacial score (nSPS) is 11.1. The molecule has 0 saturated carbocycles. The van der Waals surface area contributed by atoms with Gasteiger partial charge in [0.1, 0.15) is 0 Å². The molecule has 1 heterocycles. The fourth-order valence-corrected chi connectivity index (χ4v) is 4.31. The van der Waals surface area contributed by atoms with Crippen LogP contribution in [0, 0.1) is 11.3 Å². The summed E-state index contributed by atoms with van der Waals surface area (Å²) in [7, 11) is -3.87. The van der Waals surface area contributed by atoms with Crippen LogP contribution in [0.25, 0.3) is 0 Å². The number of carbonyl (C=O) groups excluding carboxylic acids is 1. The van der Waals surface area contributed by atoms with Gasteiger partial charge in [0.05, 0.1) is 40.9 Å². The monoisotopic (exact) mass is 435 g/mol. The highest BCUT2D eigenvalue weighted by atomic mass is 32.2. The molecule has 0 spiro atoms. The molecule has 7 nitrogen and oxygen atoms in total. The quantitative estimate of drug-likeness (QED) is 0.502. The maximum atomic E-state index is 13.3. The Morgan fingerprint density at radius 3 is 2.32 bits per heavy atom. The van der Waals surface area contributed by atoms with Crippen molar-refractivity contribution >= 4 is 16.0 Å². The highest BCUT2D eigenvalue weighted by molar-refractivity contribution is 7.89. The standard InChI is InChI=1S/C23H21N3O4S/c1-2-30-23(27)20-10-6-19(7-11-20)16-26(17-21-5-3-4-14-25-21)31(28,29)22-12-8-18(15-24)9-13-22/h3-14H,2,16-17H2,1H3. The average molecular weight is 436 g/mol. The van der Waals surface area contributed by atoms with Gasteiger partial charge in [0.2, 0.25) is 10.0 Å². The van der Waals surface area contributed by atoms with Crippen molar-refractivity contribution in [3.63, 3.8) is 0 Å². The Morgan fingerprint density at radius 2 is 1.74 bits per heavy atom. The Hall–Kier alpha value is -3.54. The van der Waals surface area contributed by atoms with E-state index in [1.54, 1.807) is 55.6 Å². The van der Waals surface area contributed by atoms with Gasteiger partial charge in [-0.15, -0.1) is 0 Å². The summed E-state index contributed by atoms with van der Waals surface area (Å²) in [5.74, 6) is -0.426. The molecule has 3 aromatic rings. The Kier molecular flexibility index (Phi) is 7.13. The van der Waals surface area contributed by atoms with E-state index in [9.17, 15) is 13.2 Å². The summed E-state index contributed by atoms with van der Waals surface area (Å²) in [5, 5.41) is 8.97. The lowest BCUT2D eigenvalue weighted by Crippen LogP contribution is -2.30. The van der Waals surface area contributed by atoms with E-state index < -0.39 is 16.0 Å². The summed E-state index contributed by atoms with van der Waals surface area (Å²) in [6.07, 6.45) is 1.61. The zero-order chi connectivity index (χ0) is 22.3. The topological polar surface area (TPSA) is 100 Å². The number of sulfonamides is 1. The molecule has 158 valence electrons. The lowest BCUT2D eigenvalue weighted by atomic mass is 10.1. The molecule has 0 aliphatic heterocycles. The lowest BCUT2D eigenvalue weighted by molar-refractivity contribution is 0.0526. The predicted molar refractivity (Wildman–Crippen MR) is 114 cm³/mol. The van der Waals surface area contributed by atoms with Gasteiger partial charge in [0.25, 0.3) is 0 Å². The molecule has 1 aromatic heterocycles. The van der Waals surface area contributed by atoms with E-state index in [0.29, 0.717) is 22.4 Å². The highest BCUT2D eigenvalue weighted by Gasteiger charge is 2.25. The van der Waals surface area contributed by atoms with Gasteiger partial charge in [-0.1, -0.05) is 18.2 Å². The first-order valence-electron chi connectivity index (χ1n) is 9.60. The molecule has 0 radical (unpaired) electrons. The summed E-state index contributed by atoms with van der Waals surface area (Å²) in [4.78, 5) is 16.2. The van der Waals surface area contributed by atoms with Crippen molar-refractivity contribution in [3.05, 3.63) is 95.3 Å². The van der Waals surface area contributed by atoms with E-state index in [0.717, 1.165) is 0 Å². The first-order valence-corrected chi connectivity index (χ1v) is 11.0. The van der Waals surface area contributed by atoms with Crippen LogP contribution in [0.1, 0.15) is 34.1 Å².